The molecule has 0 unspecified atom stereocenters. The molecule has 0 saturated carbocycles. The summed E-state index contributed by atoms with van der Waals surface area (Å²) < 4.78 is 6.71. The fourth-order valence-corrected chi connectivity index (χ4v) is 3.07. The molecule has 1 aliphatic rings. The lowest BCUT2D eigenvalue weighted by Gasteiger charge is -2.36. The molecule has 0 aliphatic carbocycles. The molecule has 25 heavy (non-hydrogen) atoms. The Kier molecular flexibility index (Phi) is 5.14. The van der Waals surface area contributed by atoms with Gasteiger partial charge in [-0.3, -0.25) is 9.48 Å². The molecule has 0 atom stereocenters. The Bertz CT molecular complexity index is 719. The monoisotopic (exact) mass is 342 g/mol. The first-order valence-corrected chi connectivity index (χ1v) is 8.45. The Morgan fingerprint density at radius 2 is 2.00 bits per heavy atom. The highest BCUT2D eigenvalue weighted by Gasteiger charge is 2.42. The third kappa shape index (κ3) is 3.56. The number of nitrogens with one attached hydrogen (secondary N) is 2. The number of ether oxygens (including phenoxy) is 1. The van der Waals surface area contributed by atoms with Crippen LogP contribution in [0.5, 0.6) is 0 Å². The van der Waals surface area contributed by atoms with Crippen LogP contribution >= 0.6 is 0 Å². The van der Waals surface area contributed by atoms with Crippen LogP contribution in [0.25, 0.3) is 0 Å². The number of carbonyl (C=O) groups excluding carboxylic acids is 2. The molecule has 1 aromatic carbocycles. The molecule has 1 amide bonds. The first-order valence-electron chi connectivity index (χ1n) is 8.45. The van der Waals surface area contributed by atoms with Gasteiger partial charge in [0.15, 0.2) is 0 Å². The van der Waals surface area contributed by atoms with Crippen molar-refractivity contribution < 1.29 is 14.3 Å². The Morgan fingerprint density at radius 1 is 1.28 bits per heavy atom. The second-order valence-corrected chi connectivity index (χ2v) is 5.98. The number of benzene rings is 1. The van der Waals surface area contributed by atoms with Crippen LogP contribution in [0.3, 0.4) is 0 Å². The van der Waals surface area contributed by atoms with Crippen molar-refractivity contribution in [3.63, 3.8) is 0 Å². The van der Waals surface area contributed by atoms with Crippen molar-refractivity contribution in [1.82, 2.24) is 15.1 Å². The molecule has 7 heteroatoms. The number of hydrogen-bond donors (Lipinski definition) is 2. The number of carbonyl (C=O) groups is 2. The van der Waals surface area contributed by atoms with E-state index >= 15 is 0 Å². The van der Waals surface area contributed by atoms with E-state index in [1.165, 1.54) is 0 Å². The van der Waals surface area contributed by atoms with Gasteiger partial charge in [-0.05, 0) is 63.2 Å². The number of rotatable bonds is 5. The quantitative estimate of drug-likeness (QED) is 0.809. The van der Waals surface area contributed by atoms with Gasteiger partial charge >= 0.3 is 5.97 Å². The molecule has 1 aliphatic heterocycles. The lowest BCUT2D eigenvalue weighted by Crippen LogP contribution is -2.52. The lowest BCUT2D eigenvalue weighted by molar-refractivity contribution is -0.126. The number of nitrogens with zero attached hydrogens (tertiary/aromatic N) is 2. The second-order valence-electron chi connectivity index (χ2n) is 5.98. The van der Waals surface area contributed by atoms with E-state index in [9.17, 15) is 9.59 Å². The molecular formula is C18H22N4O3. The number of esters is 1. The molecule has 132 valence electrons. The van der Waals surface area contributed by atoms with Gasteiger partial charge in [-0.2, -0.15) is 5.10 Å². The predicted molar refractivity (Wildman–Crippen MR) is 93.3 cm³/mol. The minimum absolute atomic E-state index is 0.0958. The van der Waals surface area contributed by atoms with Gasteiger partial charge in [-0.15, -0.1) is 0 Å². The average Bonchev–Trinajstić information content (AvgIpc) is 3.18. The fraction of sp³-hybridized carbons (Fsp3) is 0.389. The van der Waals surface area contributed by atoms with Gasteiger partial charge in [0.1, 0.15) is 5.54 Å². The topological polar surface area (TPSA) is 85.2 Å². The molecule has 1 fully saturated rings. The standard InChI is InChI=1S/C18H22N4O3/c1-2-25-16(23)14-4-6-15(7-5-14)21-17(24)18(8-11-19-12-9-18)22-13-3-10-20-22/h3-7,10,13,19H,2,8-9,11-12H2,1H3,(H,21,24). The van der Waals surface area contributed by atoms with Gasteiger partial charge < -0.3 is 15.4 Å². The van der Waals surface area contributed by atoms with Crippen LogP contribution in [0.15, 0.2) is 42.7 Å². The molecule has 0 spiro atoms. The zero-order chi connectivity index (χ0) is 17.7. The molecule has 3 rings (SSSR count). The van der Waals surface area contributed by atoms with Crippen LogP contribution < -0.4 is 10.6 Å². The van der Waals surface area contributed by atoms with Gasteiger partial charge in [-0.25, -0.2) is 4.79 Å². The van der Waals surface area contributed by atoms with Gasteiger partial charge in [0.05, 0.1) is 12.2 Å². The molecule has 1 aromatic heterocycles. The van der Waals surface area contributed by atoms with Crippen molar-refractivity contribution in [3.8, 4) is 0 Å². The second kappa shape index (κ2) is 7.48. The smallest absolute Gasteiger partial charge is 0.338 e. The highest BCUT2D eigenvalue weighted by atomic mass is 16.5. The van der Waals surface area contributed by atoms with Crippen molar-refractivity contribution >= 4 is 17.6 Å². The summed E-state index contributed by atoms with van der Waals surface area (Å²) in [5.41, 5.74) is 0.404. The Hall–Kier alpha value is -2.67. The van der Waals surface area contributed by atoms with Crippen LogP contribution in [0, 0.1) is 0 Å². The molecule has 0 bridgehead atoms. The Morgan fingerprint density at radius 3 is 2.60 bits per heavy atom. The number of piperidine rings is 1. The Balaban J connectivity index is 1.77. The molecule has 2 N–H and O–H groups in total. The van der Waals surface area contributed by atoms with E-state index in [0.29, 0.717) is 30.7 Å². The highest BCUT2D eigenvalue weighted by molar-refractivity contribution is 5.97. The van der Waals surface area contributed by atoms with E-state index in [-0.39, 0.29) is 11.9 Å². The van der Waals surface area contributed by atoms with Gasteiger partial charge in [0.25, 0.3) is 5.91 Å². The summed E-state index contributed by atoms with van der Waals surface area (Å²) in [6, 6.07) is 8.54. The van der Waals surface area contributed by atoms with Crippen LogP contribution in [0.4, 0.5) is 5.69 Å². The van der Waals surface area contributed by atoms with Crippen molar-refractivity contribution in [2.45, 2.75) is 25.3 Å². The first-order chi connectivity index (χ1) is 12.2. The van der Waals surface area contributed by atoms with Crippen molar-refractivity contribution in [2.24, 2.45) is 0 Å². The molecule has 0 radical (unpaired) electrons. The molecule has 7 nitrogen and oxygen atoms in total. The maximum Gasteiger partial charge on any atom is 0.338 e. The van der Waals surface area contributed by atoms with Crippen LogP contribution in [0.2, 0.25) is 0 Å². The third-order valence-corrected chi connectivity index (χ3v) is 4.45. The third-order valence-electron chi connectivity index (χ3n) is 4.45. The maximum atomic E-state index is 13.0. The van der Waals surface area contributed by atoms with Gasteiger partial charge in [0, 0.05) is 18.1 Å². The minimum Gasteiger partial charge on any atom is -0.462 e. The normalized spacial score (nSPS) is 16.2. The summed E-state index contributed by atoms with van der Waals surface area (Å²) in [6.45, 7) is 3.61. The number of aromatic nitrogens is 2. The highest BCUT2D eigenvalue weighted by Crippen LogP contribution is 2.28. The maximum absolute atomic E-state index is 13.0. The average molecular weight is 342 g/mol. The minimum atomic E-state index is -0.700. The number of amides is 1. The predicted octanol–water partition coefficient (Wildman–Crippen LogP) is 1.78. The van der Waals surface area contributed by atoms with E-state index in [0.717, 1.165) is 13.1 Å². The zero-order valence-corrected chi connectivity index (χ0v) is 14.2. The number of hydrogen-bond acceptors (Lipinski definition) is 5. The molecule has 2 aromatic rings. The largest absolute Gasteiger partial charge is 0.462 e. The molecule has 2 heterocycles. The summed E-state index contributed by atoms with van der Waals surface area (Å²) >= 11 is 0. The summed E-state index contributed by atoms with van der Waals surface area (Å²) in [4.78, 5) is 24.7. The summed E-state index contributed by atoms with van der Waals surface area (Å²) in [5, 5.41) is 10.5. The van der Waals surface area contributed by atoms with Crippen LogP contribution in [0.1, 0.15) is 30.1 Å². The lowest BCUT2D eigenvalue weighted by atomic mass is 9.87. The molecule has 1 saturated heterocycles. The van der Waals surface area contributed by atoms with E-state index < -0.39 is 5.54 Å². The van der Waals surface area contributed by atoms with E-state index in [1.54, 1.807) is 42.1 Å². The van der Waals surface area contributed by atoms with Crippen molar-refractivity contribution in [3.05, 3.63) is 48.3 Å². The molecular weight excluding hydrogens is 320 g/mol. The van der Waals surface area contributed by atoms with Gasteiger partial charge in [-0.1, -0.05) is 0 Å². The fourth-order valence-electron chi connectivity index (χ4n) is 3.07. The van der Waals surface area contributed by atoms with Crippen molar-refractivity contribution in [2.75, 3.05) is 25.0 Å². The van der Waals surface area contributed by atoms with E-state index in [1.807, 2.05) is 12.3 Å². The SMILES string of the molecule is CCOC(=O)c1ccc(NC(=O)C2(n3cccn3)CCNCC2)cc1. The van der Waals surface area contributed by atoms with Crippen LogP contribution in [-0.4, -0.2) is 41.4 Å². The zero-order valence-electron chi connectivity index (χ0n) is 14.2. The van der Waals surface area contributed by atoms with Crippen LogP contribution in [-0.2, 0) is 15.1 Å². The van der Waals surface area contributed by atoms with Crippen molar-refractivity contribution in [1.29, 1.82) is 0 Å². The summed E-state index contributed by atoms with van der Waals surface area (Å²) in [7, 11) is 0. The van der Waals surface area contributed by atoms with E-state index in [2.05, 4.69) is 15.7 Å². The Labute approximate surface area is 146 Å². The number of anilines is 1. The summed E-state index contributed by atoms with van der Waals surface area (Å²) in [6.07, 6.45) is 4.85. The first kappa shape index (κ1) is 17.2. The van der Waals surface area contributed by atoms with E-state index in [4.69, 9.17) is 4.74 Å². The van der Waals surface area contributed by atoms with Gasteiger partial charge in [0.2, 0.25) is 0 Å². The summed E-state index contributed by atoms with van der Waals surface area (Å²) in [5.74, 6) is -0.465.